The molecule has 1 atom stereocenters. The van der Waals surface area contributed by atoms with Gasteiger partial charge in [-0.05, 0) is 43.8 Å². The Balaban J connectivity index is 2.17. The van der Waals surface area contributed by atoms with Crippen LogP contribution in [0.5, 0.6) is 0 Å². The fourth-order valence-electron chi connectivity index (χ4n) is 1.80. The van der Waals surface area contributed by atoms with Gasteiger partial charge in [-0.3, -0.25) is 0 Å². The largest absolute Gasteiger partial charge is 0.330 e. The summed E-state index contributed by atoms with van der Waals surface area (Å²) in [4.78, 5) is 2.56. The van der Waals surface area contributed by atoms with E-state index in [0.29, 0.717) is 5.41 Å². The van der Waals surface area contributed by atoms with E-state index in [0.717, 1.165) is 12.5 Å². The van der Waals surface area contributed by atoms with Gasteiger partial charge in [0.05, 0.1) is 0 Å². The third-order valence-electron chi connectivity index (χ3n) is 2.88. The highest BCUT2D eigenvalue weighted by Gasteiger charge is 2.22. The summed E-state index contributed by atoms with van der Waals surface area (Å²) in [6.45, 7) is 11.5. The zero-order valence-corrected chi connectivity index (χ0v) is 9.34. The van der Waals surface area contributed by atoms with Crippen LogP contribution in [0, 0.1) is 11.3 Å². The van der Waals surface area contributed by atoms with Crippen LogP contribution in [-0.2, 0) is 0 Å². The second kappa shape index (κ2) is 4.43. The minimum absolute atomic E-state index is 0.473. The molecule has 0 amide bonds. The number of hydrogen-bond acceptors (Lipinski definition) is 2. The minimum Gasteiger partial charge on any atom is -0.330 e. The average Bonchev–Trinajstić information content (AvgIpc) is 2.47. The second-order valence-corrected chi connectivity index (χ2v) is 5.50. The van der Waals surface area contributed by atoms with Gasteiger partial charge in [0.2, 0.25) is 0 Å². The lowest BCUT2D eigenvalue weighted by Gasteiger charge is -2.23. The summed E-state index contributed by atoms with van der Waals surface area (Å²) >= 11 is 0. The molecule has 0 aromatic rings. The van der Waals surface area contributed by atoms with Crippen molar-refractivity contribution in [3.05, 3.63) is 0 Å². The van der Waals surface area contributed by atoms with Crippen molar-refractivity contribution in [1.29, 1.82) is 0 Å². The van der Waals surface area contributed by atoms with Crippen LogP contribution in [0.15, 0.2) is 0 Å². The van der Waals surface area contributed by atoms with Crippen molar-refractivity contribution in [2.24, 2.45) is 17.1 Å². The lowest BCUT2D eigenvalue weighted by Crippen LogP contribution is -2.26. The van der Waals surface area contributed by atoms with E-state index in [4.69, 9.17) is 5.73 Å². The topological polar surface area (TPSA) is 29.3 Å². The number of hydrogen-bond donors (Lipinski definition) is 1. The molecule has 1 unspecified atom stereocenters. The highest BCUT2D eigenvalue weighted by molar-refractivity contribution is 4.77. The maximum Gasteiger partial charge on any atom is 0.00222 e. The van der Waals surface area contributed by atoms with Crippen molar-refractivity contribution in [2.75, 3.05) is 26.2 Å². The molecule has 1 saturated heterocycles. The van der Waals surface area contributed by atoms with Gasteiger partial charge in [0.25, 0.3) is 0 Å². The van der Waals surface area contributed by atoms with Crippen molar-refractivity contribution in [1.82, 2.24) is 4.90 Å². The minimum atomic E-state index is 0.473. The molecule has 0 saturated carbocycles. The molecule has 2 heteroatoms. The maximum atomic E-state index is 5.65. The van der Waals surface area contributed by atoms with E-state index < -0.39 is 0 Å². The van der Waals surface area contributed by atoms with Gasteiger partial charge in [0.15, 0.2) is 0 Å². The van der Waals surface area contributed by atoms with Crippen molar-refractivity contribution in [3.8, 4) is 0 Å². The third kappa shape index (κ3) is 4.10. The van der Waals surface area contributed by atoms with Gasteiger partial charge in [-0.15, -0.1) is 0 Å². The average molecular weight is 184 g/mol. The Morgan fingerprint density at radius 3 is 2.54 bits per heavy atom. The van der Waals surface area contributed by atoms with Crippen LogP contribution in [-0.4, -0.2) is 31.1 Å². The molecule has 1 aliphatic heterocycles. The van der Waals surface area contributed by atoms with Gasteiger partial charge in [-0.2, -0.15) is 0 Å². The number of rotatable bonds is 3. The Morgan fingerprint density at radius 2 is 2.08 bits per heavy atom. The summed E-state index contributed by atoms with van der Waals surface area (Å²) in [5.74, 6) is 0.764. The molecule has 0 aromatic heterocycles. The molecule has 0 aromatic carbocycles. The fraction of sp³-hybridized carbons (Fsp3) is 1.00. The molecule has 0 aliphatic carbocycles. The zero-order chi connectivity index (χ0) is 9.90. The summed E-state index contributed by atoms with van der Waals surface area (Å²) in [5.41, 5.74) is 6.12. The Kier molecular flexibility index (Phi) is 3.74. The summed E-state index contributed by atoms with van der Waals surface area (Å²) in [5, 5.41) is 0. The van der Waals surface area contributed by atoms with Crippen LogP contribution in [0.1, 0.15) is 33.6 Å². The molecule has 13 heavy (non-hydrogen) atoms. The van der Waals surface area contributed by atoms with Gasteiger partial charge in [-0.1, -0.05) is 20.8 Å². The monoisotopic (exact) mass is 184 g/mol. The van der Waals surface area contributed by atoms with Crippen LogP contribution in [0.3, 0.4) is 0 Å². The molecule has 1 fully saturated rings. The quantitative estimate of drug-likeness (QED) is 0.723. The SMILES string of the molecule is CC(C)(C)CCN1CCC(CN)C1. The van der Waals surface area contributed by atoms with E-state index in [1.165, 1.54) is 32.5 Å². The molecule has 1 aliphatic rings. The predicted molar refractivity (Wildman–Crippen MR) is 57.7 cm³/mol. The summed E-state index contributed by atoms with van der Waals surface area (Å²) in [6.07, 6.45) is 2.60. The molecule has 0 radical (unpaired) electrons. The van der Waals surface area contributed by atoms with Crippen molar-refractivity contribution in [2.45, 2.75) is 33.6 Å². The molecule has 0 bridgehead atoms. The summed E-state index contributed by atoms with van der Waals surface area (Å²) in [7, 11) is 0. The highest BCUT2D eigenvalue weighted by Crippen LogP contribution is 2.21. The highest BCUT2D eigenvalue weighted by atomic mass is 15.1. The van der Waals surface area contributed by atoms with Crippen molar-refractivity contribution in [3.63, 3.8) is 0 Å². The standard InChI is InChI=1S/C11H24N2/c1-11(2,3)5-7-13-6-4-10(8-12)9-13/h10H,4-9,12H2,1-3H3. The van der Waals surface area contributed by atoms with E-state index in [9.17, 15) is 0 Å². The van der Waals surface area contributed by atoms with Gasteiger partial charge < -0.3 is 10.6 Å². The van der Waals surface area contributed by atoms with E-state index in [1.807, 2.05) is 0 Å². The molecular formula is C11H24N2. The first-order valence-electron chi connectivity index (χ1n) is 5.44. The van der Waals surface area contributed by atoms with E-state index in [-0.39, 0.29) is 0 Å². The summed E-state index contributed by atoms with van der Waals surface area (Å²) in [6, 6.07) is 0. The third-order valence-corrected chi connectivity index (χ3v) is 2.88. The molecule has 0 spiro atoms. The van der Waals surface area contributed by atoms with Crippen LogP contribution in [0.4, 0.5) is 0 Å². The van der Waals surface area contributed by atoms with Gasteiger partial charge in [0.1, 0.15) is 0 Å². The normalized spacial score (nSPS) is 25.4. The Labute approximate surface area is 82.5 Å². The van der Waals surface area contributed by atoms with Crippen LogP contribution < -0.4 is 5.73 Å². The summed E-state index contributed by atoms with van der Waals surface area (Å²) < 4.78 is 0. The van der Waals surface area contributed by atoms with Gasteiger partial charge in [-0.25, -0.2) is 0 Å². The second-order valence-electron chi connectivity index (χ2n) is 5.50. The van der Waals surface area contributed by atoms with Crippen LogP contribution in [0.2, 0.25) is 0 Å². The molecule has 2 nitrogen and oxygen atoms in total. The lowest BCUT2D eigenvalue weighted by atomic mass is 9.92. The molecule has 1 rings (SSSR count). The Hall–Kier alpha value is -0.0800. The van der Waals surface area contributed by atoms with E-state index in [2.05, 4.69) is 25.7 Å². The first-order chi connectivity index (χ1) is 6.01. The van der Waals surface area contributed by atoms with Crippen molar-refractivity contribution >= 4 is 0 Å². The molecule has 2 N–H and O–H groups in total. The molecule has 78 valence electrons. The smallest absolute Gasteiger partial charge is 0.00222 e. The maximum absolute atomic E-state index is 5.65. The van der Waals surface area contributed by atoms with Crippen molar-refractivity contribution < 1.29 is 0 Å². The number of likely N-dealkylation sites (tertiary alicyclic amines) is 1. The fourth-order valence-corrected chi connectivity index (χ4v) is 1.80. The van der Waals surface area contributed by atoms with Gasteiger partial charge in [0, 0.05) is 6.54 Å². The first-order valence-corrected chi connectivity index (χ1v) is 5.44. The molecular weight excluding hydrogens is 160 g/mol. The predicted octanol–water partition coefficient (Wildman–Crippen LogP) is 1.70. The number of nitrogens with two attached hydrogens (primary N) is 1. The Morgan fingerprint density at radius 1 is 1.38 bits per heavy atom. The van der Waals surface area contributed by atoms with Crippen LogP contribution in [0.25, 0.3) is 0 Å². The zero-order valence-electron chi connectivity index (χ0n) is 9.34. The first kappa shape index (κ1) is 11.0. The van der Waals surface area contributed by atoms with E-state index in [1.54, 1.807) is 0 Å². The molecule has 1 heterocycles. The van der Waals surface area contributed by atoms with E-state index >= 15 is 0 Å². The Bertz CT molecular complexity index is 149. The number of nitrogens with zero attached hydrogens (tertiary/aromatic N) is 1. The van der Waals surface area contributed by atoms with Crippen LogP contribution >= 0.6 is 0 Å². The van der Waals surface area contributed by atoms with Gasteiger partial charge >= 0.3 is 0 Å². The lowest BCUT2D eigenvalue weighted by molar-refractivity contribution is 0.259.